The predicted octanol–water partition coefficient (Wildman–Crippen LogP) is 2.08. The number of hydrogen-bond acceptors (Lipinski definition) is 3. The molecule has 2 aromatic heterocycles. The molecule has 0 saturated heterocycles. The van der Waals surface area contributed by atoms with E-state index in [9.17, 15) is 0 Å². The molecule has 17 heavy (non-hydrogen) atoms. The Labute approximate surface area is 109 Å². The summed E-state index contributed by atoms with van der Waals surface area (Å²) in [6.45, 7) is 0. The smallest absolute Gasteiger partial charge is 0.0577 e. The molecule has 0 amide bonds. The summed E-state index contributed by atoms with van der Waals surface area (Å²) in [5, 5.41) is 7.45. The van der Waals surface area contributed by atoms with Gasteiger partial charge in [0.05, 0.1) is 17.9 Å². The summed E-state index contributed by atoms with van der Waals surface area (Å²) in [6, 6.07) is 4.25. The van der Waals surface area contributed by atoms with Gasteiger partial charge in [-0.05, 0) is 47.1 Å². The molecule has 2 heterocycles. The summed E-state index contributed by atoms with van der Waals surface area (Å²) in [7, 11) is 3.88. The van der Waals surface area contributed by atoms with Crippen molar-refractivity contribution in [3.8, 4) is 0 Å². The van der Waals surface area contributed by atoms with E-state index in [1.807, 2.05) is 49.5 Å². The van der Waals surface area contributed by atoms with Crippen LogP contribution in [0.4, 0.5) is 0 Å². The second-order valence-corrected chi connectivity index (χ2v) is 4.88. The van der Waals surface area contributed by atoms with Gasteiger partial charge in [0.1, 0.15) is 0 Å². The van der Waals surface area contributed by atoms with Crippen LogP contribution in [0, 0.1) is 0 Å². The number of pyridine rings is 1. The second-order valence-electron chi connectivity index (χ2n) is 3.97. The van der Waals surface area contributed by atoms with E-state index in [2.05, 4.69) is 31.3 Å². The Morgan fingerprint density at radius 2 is 2.24 bits per heavy atom. The van der Waals surface area contributed by atoms with Crippen LogP contribution in [-0.2, 0) is 13.5 Å². The molecule has 2 aromatic rings. The average Bonchev–Trinajstić information content (AvgIpc) is 2.73. The summed E-state index contributed by atoms with van der Waals surface area (Å²) < 4.78 is 2.81. The normalized spacial score (nSPS) is 12.6. The summed E-state index contributed by atoms with van der Waals surface area (Å²) in [5.74, 6) is 0. The predicted molar refractivity (Wildman–Crippen MR) is 70.6 cm³/mol. The zero-order chi connectivity index (χ0) is 12.3. The number of aromatic nitrogens is 3. The maximum atomic E-state index is 4.42. The lowest BCUT2D eigenvalue weighted by Gasteiger charge is -2.14. The third kappa shape index (κ3) is 3.14. The lowest BCUT2D eigenvalue weighted by Crippen LogP contribution is -2.19. The fourth-order valence-electron chi connectivity index (χ4n) is 1.76. The van der Waals surface area contributed by atoms with Crippen LogP contribution in [0.5, 0.6) is 0 Å². The molecule has 0 aliphatic carbocycles. The third-order valence-corrected chi connectivity index (χ3v) is 3.12. The molecule has 0 aromatic carbocycles. The number of likely N-dealkylation sites (N-methyl/N-ethyl adjacent to an activating group) is 1. The quantitative estimate of drug-likeness (QED) is 0.939. The van der Waals surface area contributed by atoms with E-state index < -0.39 is 0 Å². The lowest BCUT2D eigenvalue weighted by atomic mass is 10.1. The maximum absolute atomic E-state index is 4.42. The van der Waals surface area contributed by atoms with Crippen LogP contribution in [0.2, 0.25) is 0 Å². The van der Waals surface area contributed by atoms with E-state index in [1.165, 1.54) is 5.56 Å². The van der Waals surface area contributed by atoms with E-state index in [-0.39, 0.29) is 6.04 Å². The van der Waals surface area contributed by atoms with Gasteiger partial charge in [-0.1, -0.05) is 0 Å². The Kier molecular flexibility index (Phi) is 3.91. The monoisotopic (exact) mass is 294 g/mol. The Balaban J connectivity index is 2.13. The minimum Gasteiger partial charge on any atom is -0.311 e. The molecule has 5 heteroatoms. The Bertz CT molecular complexity index is 478. The van der Waals surface area contributed by atoms with Crippen LogP contribution in [-0.4, -0.2) is 21.8 Å². The fourth-order valence-corrected chi connectivity index (χ4v) is 2.00. The van der Waals surface area contributed by atoms with Gasteiger partial charge in [0, 0.05) is 23.9 Å². The Hall–Kier alpha value is -1.20. The van der Waals surface area contributed by atoms with Gasteiger partial charge >= 0.3 is 0 Å². The Morgan fingerprint density at radius 1 is 1.41 bits per heavy atom. The van der Waals surface area contributed by atoms with Crippen molar-refractivity contribution in [3.63, 3.8) is 0 Å². The van der Waals surface area contributed by atoms with Crippen molar-refractivity contribution < 1.29 is 0 Å². The average molecular weight is 295 g/mol. The molecule has 0 saturated carbocycles. The second kappa shape index (κ2) is 5.42. The van der Waals surface area contributed by atoms with Gasteiger partial charge in [-0.3, -0.25) is 9.67 Å². The van der Waals surface area contributed by atoms with Crippen LogP contribution in [0.1, 0.15) is 17.3 Å². The SMILES string of the molecule is CNC(Cc1cnn(C)c1)c1ccc(Br)cn1. The van der Waals surface area contributed by atoms with Crippen LogP contribution in [0.3, 0.4) is 0 Å². The maximum Gasteiger partial charge on any atom is 0.0577 e. The third-order valence-electron chi connectivity index (χ3n) is 2.65. The first-order valence-corrected chi connectivity index (χ1v) is 6.24. The molecule has 1 atom stereocenters. The molecular formula is C12H15BrN4. The van der Waals surface area contributed by atoms with Crippen molar-refractivity contribution >= 4 is 15.9 Å². The zero-order valence-corrected chi connectivity index (χ0v) is 11.5. The highest BCUT2D eigenvalue weighted by molar-refractivity contribution is 9.10. The molecule has 1 unspecified atom stereocenters. The van der Waals surface area contributed by atoms with E-state index >= 15 is 0 Å². The first-order chi connectivity index (χ1) is 8.19. The van der Waals surface area contributed by atoms with Gasteiger partial charge in [0.15, 0.2) is 0 Å². The van der Waals surface area contributed by atoms with E-state index in [4.69, 9.17) is 0 Å². The highest BCUT2D eigenvalue weighted by Gasteiger charge is 2.12. The summed E-state index contributed by atoms with van der Waals surface area (Å²) in [5.41, 5.74) is 2.25. The minimum absolute atomic E-state index is 0.215. The molecule has 0 radical (unpaired) electrons. The highest BCUT2D eigenvalue weighted by Crippen LogP contribution is 2.17. The number of hydrogen-bond donors (Lipinski definition) is 1. The minimum atomic E-state index is 0.215. The van der Waals surface area contributed by atoms with Gasteiger partial charge in [0.2, 0.25) is 0 Å². The fraction of sp³-hybridized carbons (Fsp3) is 0.333. The molecule has 0 fully saturated rings. The molecule has 0 aliphatic rings. The van der Waals surface area contributed by atoms with Crippen LogP contribution < -0.4 is 5.32 Å². The number of nitrogens with one attached hydrogen (secondary N) is 1. The molecule has 0 aliphatic heterocycles. The topological polar surface area (TPSA) is 42.7 Å². The van der Waals surface area contributed by atoms with Crippen LogP contribution >= 0.6 is 15.9 Å². The molecule has 2 rings (SSSR count). The molecule has 1 N–H and O–H groups in total. The molecule has 4 nitrogen and oxygen atoms in total. The van der Waals surface area contributed by atoms with Crippen molar-refractivity contribution in [2.45, 2.75) is 12.5 Å². The highest BCUT2D eigenvalue weighted by atomic mass is 79.9. The van der Waals surface area contributed by atoms with E-state index in [0.717, 1.165) is 16.6 Å². The molecule has 90 valence electrons. The lowest BCUT2D eigenvalue weighted by molar-refractivity contribution is 0.575. The van der Waals surface area contributed by atoms with Gasteiger partial charge in [0.25, 0.3) is 0 Å². The largest absolute Gasteiger partial charge is 0.311 e. The number of nitrogens with zero attached hydrogens (tertiary/aromatic N) is 3. The molecule has 0 bridgehead atoms. The number of aryl methyl sites for hydroxylation is 1. The van der Waals surface area contributed by atoms with Gasteiger partial charge in [-0.25, -0.2) is 0 Å². The van der Waals surface area contributed by atoms with Crippen molar-refractivity contribution in [3.05, 3.63) is 46.5 Å². The van der Waals surface area contributed by atoms with E-state index in [1.54, 1.807) is 0 Å². The van der Waals surface area contributed by atoms with Crippen molar-refractivity contribution in [1.82, 2.24) is 20.1 Å². The van der Waals surface area contributed by atoms with Crippen LogP contribution in [0.25, 0.3) is 0 Å². The number of halogens is 1. The van der Waals surface area contributed by atoms with Crippen molar-refractivity contribution in [2.24, 2.45) is 7.05 Å². The van der Waals surface area contributed by atoms with Crippen molar-refractivity contribution in [1.29, 1.82) is 0 Å². The van der Waals surface area contributed by atoms with Gasteiger partial charge < -0.3 is 5.32 Å². The van der Waals surface area contributed by atoms with Gasteiger partial charge in [-0.2, -0.15) is 5.10 Å². The van der Waals surface area contributed by atoms with Gasteiger partial charge in [-0.15, -0.1) is 0 Å². The zero-order valence-electron chi connectivity index (χ0n) is 9.89. The Morgan fingerprint density at radius 3 is 2.76 bits per heavy atom. The summed E-state index contributed by atoms with van der Waals surface area (Å²) in [4.78, 5) is 4.42. The van der Waals surface area contributed by atoms with Crippen LogP contribution in [0.15, 0.2) is 35.2 Å². The number of rotatable bonds is 4. The first kappa shape index (κ1) is 12.3. The summed E-state index contributed by atoms with van der Waals surface area (Å²) in [6.07, 6.45) is 6.63. The molecule has 0 spiro atoms. The first-order valence-electron chi connectivity index (χ1n) is 5.45. The van der Waals surface area contributed by atoms with Crippen molar-refractivity contribution in [2.75, 3.05) is 7.05 Å². The van der Waals surface area contributed by atoms with E-state index in [0.29, 0.717) is 0 Å². The molecular weight excluding hydrogens is 280 g/mol. The summed E-state index contributed by atoms with van der Waals surface area (Å²) >= 11 is 3.39. The standard InChI is InChI=1S/C12H15BrN4/c1-14-12(5-9-6-16-17(2)8-9)11-4-3-10(13)7-15-11/h3-4,6-8,12,14H,5H2,1-2H3.